The lowest BCUT2D eigenvalue weighted by Crippen LogP contribution is -2.42. The van der Waals surface area contributed by atoms with Crippen LogP contribution in [0.15, 0.2) is 23.1 Å². The van der Waals surface area contributed by atoms with E-state index in [0.29, 0.717) is 5.92 Å². The molecule has 0 spiro atoms. The fourth-order valence-corrected chi connectivity index (χ4v) is 2.62. The minimum absolute atomic E-state index is 0.298. The Balaban J connectivity index is 2.17. The van der Waals surface area contributed by atoms with Crippen molar-refractivity contribution in [1.82, 2.24) is 4.89 Å². The van der Waals surface area contributed by atoms with Crippen LogP contribution in [0.25, 0.3) is 0 Å². The fraction of sp³-hybridized carbons (Fsp3) is 0.462. The van der Waals surface area contributed by atoms with E-state index in [1.54, 1.807) is 11.0 Å². The van der Waals surface area contributed by atoms with Crippen molar-refractivity contribution >= 4 is 16.0 Å². The van der Waals surface area contributed by atoms with Gasteiger partial charge in [0.15, 0.2) is 5.60 Å². The van der Waals surface area contributed by atoms with E-state index in [1.165, 1.54) is 19.9 Å². The monoisotopic (exact) mass is 317 g/mol. The molecule has 1 aromatic carbocycles. The average Bonchev–Trinajstić information content (AvgIpc) is 3.20. The molecule has 0 atom stereocenters. The number of hydrogen-bond acceptors (Lipinski definition) is 4. The Morgan fingerprint density at radius 1 is 1.43 bits per heavy atom. The Labute approximate surface area is 121 Å². The molecule has 0 aromatic heterocycles. The molecule has 0 aliphatic heterocycles. The third kappa shape index (κ3) is 3.58. The van der Waals surface area contributed by atoms with Crippen LogP contribution in [0.4, 0.5) is 4.39 Å². The number of sulfonamides is 1. The summed E-state index contributed by atoms with van der Waals surface area (Å²) < 4.78 is 37.8. The lowest BCUT2D eigenvalue weighted by molar-refractivity contribution is -0.165. The number of carboxylic acids is 1. The summed E-state index contributed by atoms with van der Waals surface area (Å²) >= 11 is 0. The highest BCUT2D eigenvalue weighted by atomic mass is 32.2. The molecule has 1 aromatic rings. The highest BCUT2D eigenvalue weighted by Crippen LogP contribution is 2.40. The number of hydrogen-bond donors (Lipinski definition) is 2. The first kappa shape index (κ1) is 15.9. The summed E-state index contributed by atoms with van der Waals surface area (Å²) in [5, 5.41) is 8.83. The van der Waals surface area contributed by atoms with Gasteiger partial charge in [-0.3, -0.25) is 4.84 Å². The van der Waals surface area contributed by atoms with Gasteiger partial charge in [-0.1, -0.05) is 11.0 Å². The summed E-state index contributed by atoms with van der Waals surface area (Å²) in [6.07, 6.45) is 1.94. The standard InChI is InChI=1S/C13H16FNO5S/c1-13(2,12(16)17)20-15-21(18,19)11-6-5-9(7-10(11)14)8-3-4-8/h5-8,15H,3-4H2,1-2H3,(H,16,17). The number of nitrogens with one attached hydrogen (secondary N) is 1. The van der Waals surface area contributed by atoms with Gasteiger partial charge in [-0.05, 0) is 50.3 Å². The summed E-state index contributed by atoms with van der Waals surface area (Å²) in [7, 11) is -4.29. The molecule has 2 N–H and O–H groups in total. The molecular formula is C13H16FNO5S. The predicted molar refractivity (Wildman–Crippen MR) is 71.5 cm³/mol. The molecule has 0 radical (unpaired) electrons. The van der Waals surface area contributed by atoms with Crippen LogP contribution in [0.5, 0.6) is 0 Å². The third-order valence-electron chi connectivity index (χ3n) is 3.22. The summed E-state index contributed by atoms with van der Waals surface area (Å²) in [4.78, 5) is 16.6. The van der Waals surface area contributed by atoms with Crippen molar-refractivity contribution in [3.63, 3.8) is 0 Å². The van der Waals surface area contributed by atoms with Crippen molar-refractivity contribution < 1.29 is 27.5 Å². The molecule has 0 bridgehead atoms. The number of benzene rings is 1. The summed E-state index contributed by atoms with van der Waals surface area (Å²) in [5.74, 6) is -1.94. The second-order valence-electron chi connectivity index (χ2n) is 5.47. The van der Waals surface area contributed by atoms with E-state index in [-0.39, 0.29) is 0 Å². The van der Waals surface area contributed by atoms with Gasteiger partial charge in [0.05, 0.1) is 0 Å². The molecule has 1 fully saturated rings. The van der Waals surface area contributed by atoms with Gasteiger partial charge in [-0.2, -0.15) is 0 Å². The number of carboxylic acid groups (broad SMARTS) is 1. The Morgan fingerprint density at radius 3 is 2.52 bits per heavy atom. The zero-order valence-electron chi connectivity index (χ0n) is 11.6. The van der Waals surface area contributed by atoms with Gasteiger partial charge in [-0.15, -0.1) is 0 Å². The molecular weight excluding hydrogens is 301 g/mol. The maximum atomic E-state index is 13.9. The molecule has 116 valence electrons. The van der Waals surface area contributed by atoms with Crippen molar-refractivity contribution in [1.29, 1.82) is 0 Å². The lowest BCUT2D eigenvalue weighted by Gasteiger charge is -2.19. The molecule has 0 amide bonds. The Hall–Kier alpha value is -1.51. The number of carbonyl (C=O) groups is 1. The molecule has 2 rings (SSSR count). The van der Waals surface area contributed by atoms with Crippen molar-refractivity contribution in [2.75, 3.05) is 0 Å². The average molecular weight is 317 g/mol. The van der Waals surface area contributed by atoms with Crippen LogP contribution in [0.3, 0.4) is 0 Å². The third-order valence-corrected chi connectivity index (χ3v) is 4.43. The molecule has 1 aliphatic rings. The number of rotatable bonds is 6. The highest BCUT2D eigenvalue weighted by molar-refractivity contribution is 7.89. The Bertz CT molecular complexity index is 667. The van der Waals surface area contributed by atoms with Crippen LogP contribution in [0.1, 0.15) is 38.2 Å². The molecule has 1 aliphatic carbocycles. The van der Waals surface area contributed by atoms with Crippen molar-refractivity contribution in [3.05, 3.63) is 29.6 Å². The quantitative estimate of drug-likeness (QED) is 0.780. The largest absolute Gasteiger partial charge is 0.479 e. The fourth-order valence-electron chi connectivity index (χ4n) is 1.65. The smallest absolute Gasteiger partial charge is 0.337 e. The predicted octanol–water partition coefficient (Wildman–Crippen LogP) is 1.78. The van der Waals surface area contributed by atoms with Gasteiger partial charge in [0.1, 0.15) is 10.7 Å². The van der Waals surface area contributed by atoms with Crippen LogP contribution >= 0.6 is 0 Å². The van der Waals surface area contributed by atoms with Crippen molar-refractivity contribution in [2.45, 2.75) is 43.1 Å². The van der Waals surface area contributed by atoms with Crippen molar-refractivity contribution in [2.24, 2.45) is 0 Å². The maximum Gasteiger partial charge on any atom is 0.337 e. The molecule has 1 saturated carbocycles. The van der Waals surface area contributed by atoms with Crippen molar-refractivity contribution in [3.8, 4) is 0 Å². The first-order chi connectivity index (χ1) is 9.63. The first-order valence-electron chi connectivity index (χ1n) is 6.36. The minimum atomic E-state index is -4.29. The molecule has 0 saturated heterocycles. The van der Waals surface area contributed by atoms with Crippen LogP contribution in [0.2, 0.25) is 0 Å². The topological polar surface area (TPSA) is 92.7 Å². The lowest BCUT2D eigenvalue weighted by atomic mass is 10.1. The van der Waals surface area contributed by atoms with E-state index < -0.39 is 32.3 Å². The van der Waals surface area contributed by atoms with Crippen LogP contribution in [-0.2, 0) is 19.7 Å². The molecule has 0 unspecified atom stereocenters. The van der Waals surface area contributed by atoms with E-state index in [2.05, 4.69) is 4.84 Å². The summed E-state index contributed by atoms with van der Waals surface area (Å²) in [5.41, 5.74) is -1.00. The number of halogens is 1. The van der Waals surface area contributed by atoms with Crippen LogP contribution in [-0.4, -0.2) is 25.1 Å². The van der Waals surface area contributed by atoms with E-state index in [9.17, 15) is 17.6 Å². The van der Waals surface area contributed by atoms with Gasteiger partial charge < -0.3 is 5.11 Å². The van der Waals surface area contributed by atoms with E-state index in [4.69, 9.17) is 5.11 Å². The second kappa shape index (κ2) is 5.36. The SMILES string of the molecule is CC(C)(ONS(=O)(=O)c1ccc(C2CC2)cc1F)C(=O)O. The molecule has 21 heavy (non-hydrogen) atoms. The van der Waals surface area contributed by atoms with Gasteiger partial charge >= 0.3 is 5.97 Å². The summed E-state index contributed by atoms with van der Waals surface area (Å²) in [6.45, 7) is 2.34. The zero-order valence-corrected chi connectivity index (χ0v) is 12.4. The van der Waals surface area contributed by atoms with Gasteiger partial charge in [0.25, 0.3) is 10.0 Å². The first-order valence-corrected chi connectivity index (χ1v) is 7.84. The number of aliphatic carboxylic acids is 1. The van der Waals surface area contributed by atoms with Gasteiger partial charge in [0.2, 0.25) is 0 Å². The molecule has 8 heteroatoms. The van der Waals surface area contributed by atoms with Crippen LogP contribution in [0, 0.1) is 5.82 Å². The van der Waals surface area contributed by atoms with Gasteiger partial charge in [-0.25, -0.2) is 17.6 Å². The zero-order chi connectivity index (χ0) is 15.8. The summed E-state index contributed by atoms with van der Waals surface area (Å²) in [6, 6.07) is 3.90. The molecule has 0 heterocycles. The second-order valence-corrected chi connectivity index (χ2v) is 7.08. The molecule has 6 nitrogen and oxygen atoms in total. The van der Waals surface area contributed by atoms with Crippen LogP contribution < -0.4 is 4.89 Å². The highest BCUT2D eigenvalue weighted by Gasteiger charge is 2.32. The Morgan fingerprint density at radius 2 is 2.05 bits per heavy atom. The van der Waals surface area contributed by atoms with E-state index in [1.807, 2.05) is 0 Å². The van der Waals surface area contributed by atoms with E-state index in [0.717, 1.165) is 24.5 Å². The van der Waals surface area contributed by atoms with Gasteiger partial charge in [0, 0.05) is 0 Å². The van der Waals surface area contributed by atoms with E-state index >= 15 is 0 Å². The Kier molecular flexibility index (Phi) is 4.05. The normalized spacial score (nSPS) is 16.0. The maximum absolute atomic E-state index is 13.9. The minimum Gasteiger partial charge on any atom is -0.479 e.